The summed E-state index contributed by atoms with van der Waals surface area (Å²) < 4.78 is 0. The Labute approximate surface area is 133 Å². The van der Waals surface area contributed by atoms with Crippen LogP contribution in [-0.4, -0.2) is 11.7 Å². The van der Waals surface area contributed by atoms with Crippen molar-refractivity contribution in [3.63, 3.8) is 0 Å². The maximum absolute atomic E-state index is 9.86. The molecule has 1 aliphatic rings. The van der Waals surface area contributed by atoms with Gasteiger partial charge < -0.3 is 5.11 Å². The number of aliphatic hydroxyl groups excluding tert-OH is 1. The van der Waals surface area contributed by atoms with Gasteiger partial charge in [-0.2, -0.15) is 0 Å². The van der Waals surface area contributed by atoms with E-state index in [1.165, 1.54) is 12.8 Å². The zero-order chi connectivity index (χ0) is 16.6. The third kappa shape index (κ3) is 3.05. The molecule has 1 fully saturated rings. The van der Waals surface area contributed by atoms with Crippen molar-refractivity contribution in [2.75, 3.05) is 6.61 Å². The van der Waals surface area contributed by atoms with Crippen molar-refractivity contribution in [1.29, 1.82) is 0 Å². The van der Waals surface area contributed by atoms with Crippen LogP contribution in [0, 0.1) is 46.3 Å². The minimum Gasteiger partial charge on any atom is -0.396 e. The molecule has 21 heavy (non-hydrogen) atoms. The van der Waals surface area contributed by atoms with E-state index < -0.39 is 0 Å². The van der Waals surface area contributed by atoms with Crippen LogP contribution < -0.4 is 0 Å². The summed E-state index contributed by atoms with van der Waals surface area (Å²) >= 11 is 0. The van der Waals surface area contributed by atoms with Gasteiger partial charge in [0.2, 0.25) is 0 Å². The molecular formula is C20H40O. The molecule has 6 atom stereocenters. The van der Waals surface area contributed by atoms with Crippen molar-refractivity contribution < 1.29 is 5.11 Å². The molecule has 0 amide bonds. The van der Waals surface area contributed by atoms with E-state index in [4.69, 9.17) is 0 Å². The number of hydrogen-bond donors (Lipinski definition) is 1. The molecule has 1 nitrogen and oxygen atoms in total. The summed E-state index contributed by atoms with van der Waals surface area (Å²) in [7, 11) is 0. The molecule has 126 valence electrons. The molecule has 0 heterocycles. The molecule has 0 radical (unpaired) electrons. The quantitative estimate of drug-likeness (QED) is 0.616. The van der Waals surface area contributed by atoms with Crippen molar-refractivity contribution >= 4 is 0 Å². The third-order valence-corrected chi connectivity index (χ3v) is 7.55. The standard InChI is InChI=1S/C20H40O/c1-10-15(6)19(9,14(4)5)12-20(16(7)11-21)17(8)18(20)13(2)3/h13-18,21H,10-12H2,1-9H3. The Morgan fingerprint density at radius 2 is 1.62 bits per heavy atom. The summed E-state index contributed by atoms with van der Waals surface area (Å²) in [5.41, 5.74) is 0.724. The Hall–Kier alpha value is -0.0400. The SMILES string of the molecule is CCC(C)C(C)(CC1(C(C)CO)C(C)C1C(C)C)C(C)C. The first-order valence-corrected chi connectivity index (χ1v) is 9.20. The van der Waals surface area contributed by atoms with Gasteiger partial charge >= 0.3 is 0 Å². The van der Waals surface area contributed by atoms with Gasteiger partial charge in [-0.1, -0.05) is 68.7 Å². The monoisotopic (exact) mass is 296 g/mol. The molecule has 0 saturated heterocycles. The lowest BCUT2D eigenvalue weighted by Crippen LogP contribution is -2.37. The molecule has 1 rings (SSSR count). The van der Waals surface area contributed by atoms with Gasteiger partial charge in [-0.3, -0.25) is 0 Å². The Morgan fingerprint density at radius 3 is 1.90 bits per heavy atom. The van der Waals surface area contributed by atoms with Crippen LogP contribution in [-0.2, 0) is 0 Å². The van der Waals surface area contributed by atoms with Crippen LogP contribution in [0.15, 0.2) is 0 Å². The Morgan fingerprint density at radius 1 is 1.10 bits per heavy atom. The second-order valence-corrected chi connectivity index (χ2v) is 8.90. The van der Waals surface area contributed by atoms with E-state index >= 15 is 0 Å². The van der Waals surface area contributed by atoms with Crippen LogP contribution in [0.25, 0.3) is 0 Å². The summed E-state index contributed by atoms with van der Waals surface area (Å²) in [5.74, 6) is 4.10. The minimum absolute atomic E-state index is 0.336. The summed E-state index contributed by atoms with van der Waals surface area (Å²) in [5, 5.41) is 9.86. The van der Waals surface area contributed by atoms with E-state index in [1.54, 1.807) is 0 Å². The summed E-state index contributed by atoms with van der Waals surface area (Å²) in [4.78, 5) is 0. The molecular weight excluding hydrogens is 256 g/mol. The van der Waals surface area contributed by atoms with Gasteiger partial charge in [-0.25, -0.2) is 0 Å². The Bertz CT molecular complexity index is 335. The van der Waals surface area contributed by atoms with E-state index in [1.807, 2.05) is 0 Å². The Kier molecular flexibility index (Phi) is 5.98. The van der Waals surface area contributed by atoms with Gasteiger partial charge in [0.15, 0.2) is 0 Å². The topological polar surface area (TPSA) is 20.2 Å². The normalized spacial score (nSPS) is 34.9. The van der Waals surface area contributed by atoms with Crippen LogP contribution in [0.4, 0.5) is 0 Å². The van der Waals surface area contributed by atoms with Gasteiger partial charge in [0.1, 0.15) is 0 Å². The number of aliphatic hydroxyl groups is 1. The number of rotatable bonds is 8. The van der Waals surface area contributed by atoms with E-state index in [9.17, 15) is 5.11 Å². The van der Waals surface area contributed by atoms with Gasteiger partial charge in [-0.15, -0.1) is 0 Å². The molecule has 1 saturated carbocycles. The maximum atomic E-state index is 9.86. The highest BCUT2D eigenvalue weighted by Crippen LogP contribution is 2.71. The molecule has 0 aromatic heterocycles. The second-order valence-electron chi connectivity index (χ2n) is 8.90. The van der Waals surface area contributed by atoms with Gasteiger partial charge in [0.05, 0.1) is 0 Å². The van der Waals surface area contributed by atoms with E-state index in [0.29, 0.717) is 29.3 Å². The predicted octanol–water partition coefficient (Wildman–Crippen LogP) is 5.62. The van der Waals surface area contributed by atoms with Gasteiger partial charge in [0, 0.05) is 6.61 Å². The second kappa shape index (κ2) is 6.60. The molecule has 0 aromatic rings. The van der Waals surface area contributed by atoms with E-state index in [2.05, 4.69) is 62.3 Å². The maximum Gasteiger partial charge on any atom is 0.0462 e. The first kappa shape index (κ1) is 19.0. The zero-order valence-corrected chi connectivity index (χ0v) is 16.0. The van der Waals surface area contributed by atoms with Gasteiger partial charge in [-0.05, 0) is 52.8 Å². The first-order valence-electron chi connectivity index (χ1n) is 9.20. The number of hydrogen-bond acceptors (Lipinski definition) is 1. The van der Waals surface area contributed by atoms with Gasteiger partial charge in [0.25, 0.3) is 0 Å². The highest BCUT2D eigenvalue weighted by Gasteiger charge is 2.66. The highest BCUT2D eigenvalue weighted by molar-refractivity contribution is 5.14. The van der Waals surface area contributed by atoms with Crippen LogP contribution in [0.3, 0.4) is 0 Å². The fraction of sp³-hybridized carbons (Fsp3) is 1.00. The first-order chi connectivity index (χ1) is 9.59. The largest absolute Gasteiger partial charge is 0.396 e. The van der Waals surface area contributed by atoms with Crippen LogP contribution in [0.1, 0.15) is 75.2 Å². The zero-order valence-electron chi connectivity index (χ0n) is 16.0. The molecule has 0 spiro atoms. The van der Waals surface area contributed by atoms with Crippen molar-refractivity contribution in [2.24, 2.45) is 46.3 Å². The highest BCUT2D eigenvalue weighted by atomic mass is 16.3. The molecule has 1 heteroatoms. The molecule has 0 aliphatic heterocycles. The lowest BCUT2D eigenvalue weighted by molar-refractivity contribution is 0.0327. The van der Waals surface area contributed by atoms with E-state index in [-0.39, 0.29) is 0 Å². The van der Waals surface area contributed by atoms with Crippen molar-refractivity contribution in [1.82, 2.24) is 0 Å². The summed E-state index contributed by atoms with van der Waals surface area (Å²) in [6.45, 7) is 21.8. The van der Waals surface area contributed by atoms with Crippen LogP contribution >= 0.6 is 0 Å². The van der Waals surface area contributed by atoms with Crippen LogP contribution in [0.2, 0.25) is 0 Å². The van der Waals surface area contributed by atoms with Crippen molar-refractivity contribution in [2.45, 2.75) is 75.2 Å². The fourth-order valence-electron chi connectivity index (χ4n) is 5.36. The molecule has 0 aromatic carbocycles. The Balaban J connectivity index is 3.13. The average molecular weight is 297 g/mol. The third-order valence-electron chi connectivity index (χ3n) is 7.55. The molecule has 1 aliphatic carbocycles. The predicted molar refractivity (Wildman–Crippen MR) is 93.2 cm³/mol. The van der Waals surface area contributed by atoms with Crippen molar-refractivity contribution in [3.8, 4) is 0 Å². The lowest BCUT2D eigenvalue weighted by Gasteiger charge is -2.44. The van der Waals surface area contributed by atoms with Crippen molar-refractivity contribution in [3.05, 3.63) is 0 Å². The van der Waals surface area contributed by atoms with E-state index in [0.717, 1.165) is 23.7 Å². The minimum atomic E-state index is 0.336. The molecule has 1 N–H and O–H groups in total. The molecule has 0 bridgehead atoms. The smallest absolute Gasteiger partial charge is 0.0462 e. The van der Waals surface area contributed by atoms with Crippen LogP contribution in [0.5, 0.6) is 0 Å². The fourth-order valence-corrected chi connectivity index (χ4v) is 5.36. The molecule has 6 unspecified atom stereocenters. The summed E-state index contributed by atoms with van der Waals surface area (Å²) in [6, 6.07) is 0. The average Bonchev–Trinajstić information content (AvgIpc) is 3.01. The lowest BCUT2D eigenvalue weighted by atomic mass is 9.61. The summed E-state index contributed by atoms with van der Waals surface area (Å²) in [6.07, 6.45) is 2.53.